The molecule has 0 saturated heterocycles. The van der Waals surface area contributed by atoms with Gasteiger partial charge in [-0.3, -0.25) is 0 Å². The summed E-state index contributed by atoms with van der Waals surface area (Å²) >= 11 is 3.56. The van der Waals surface area contributed by atoms with Crippen LogP contribution in [0, 0.1) is 0 Å². The molecule has 0 fully saturated rings. The van der Waals surface area contributed by atoms with Crippen LogP contribution < -0.4 is 5.32 Å². The lowest BCUT2D eigenvalue weighted by atomic mass is 10.3. The summed E-state index contributed by atoms with van der Waals surface area (Å²) in [5.41, 5.74) is 0. The minimum absolute atomic E-state index is 0.956. The van der Waals surface area contributed by atoms with E-state index < -0.39 is 0 Å². The van der Waals surface area contributed by atoms with Gasteiger partial charge in [0.25, 0.3) is 0 Å². The van der Waals surface area contributed by atoms with Crippen molar-refractivity contribution in [2.24, 2.45) is 0 Å². The fraction of sp³-hybridized carbons (Fsp3) is 0.267. The van der Waals surface area contributed by atoms with Gasteiger partial charge in [0.2, 0.25) is 0 Å². The van der Waals surface area contributed by atoms with E-state index in [0.29, 0.717) is 0 Å². The van der Waals surface area contributed by atoms with Crippen molar-refractivity contribution in [3.63, 3.8) is 0 Å². The average Bonchev–Trinajstić information content (AvgIpc) is 3.20. The van der Waals surface area contributed by atoms with E-state index >= 15 is 0 Å². The van der Waals surface area contributed by atoms with Gasteiger partial charge in [-0.2, -0.15) is 0 Å². The Labute approximate surface area is 126 Å². The normalized spacial score (nSPS) is 11.0. The Balaban J connectivity index is 1.46. The van der Waals surface area contributed by atoms with Crippen molar-refractivity contribution in [1.29, 1.82) is 0 Å². The average molecular weight is 303 g/mol. The Kier molecular flexibility index (Phi) is 4.63. The molecule has 5 heteroatoms. The molecule has 3 rings (SSSR count). The molecule has 3 aromatic heterocycles. The first-order valence-electron chi connectivity index (χ1n) is 6.71. The topological polar surface area (TPSA) is 29.9 Å². The van der Waals surface area contributed by atoms with Gasteiger partial charge in [0, 0.05) is 36.9 Å². The Morgan fingerprint density at radius 2 is 2.00 bits per heavy atom. The molecule has 0 aliphatic carbocycles. The quantitative estimate of drug-likeness (QED) is 0.677. The summed E-state index contributed by atoms with van der Waals surface area (Å²) in [4.78, 5) is 7.12. The van der Waals surface area contributed by atoms with E-state index in [4.69, 9.17) is 0 Å². The van der Waals surface area contributed by atoms with E-state index in [0.717, 1.165) is 31.9 Å². The first kappa shape index (κ1) is 13.5. The zero-order chi connectivity index (χ0) is 13.6. The third-order valence-corrected chi connectivity index (χ3v) is 4.92. The van der Waals surface area contributed by atoms with Gasteiger partial charge >= 0.3 is 0 Å². The summed E-state index contributed by atoms with van der Waals surface area (Å²) in [6.07, 6.45) is 5.04. The Hall–Kier alpha value is -1.43. The van der Waals surface area contributed by atoms with Gasteiger partial charge in [0.1, 0.15) is 5.82 Å². The number of hydrogen-bond acceptors (Lipinski definition) is 4. The van der Waals surface area contributed by atoms with Gasteiger partial charge < -0.3 is 9.88 Å². The molecule has 3 aromatic rings. The zero-order valence-electron chi connectivity index (χ0n) is 11.2. The van der Waals surface area contributed by atoms with Gasteiger partial charge in [0.15, 0.2) is 0 Å². The maximum Gasteiger partial charge on any atom is 0.150 e. The van der Waals surface area contributed by atoms with Crippen molar-refractivity contribution in [1.82, 2.24) is 14.9 Å². The summed E-state index contributed by atoms with van der Waals surface area (Å²) in [5.74, 6) is 1.07. The van der Waals surface area contributed by atoms with Crippen LogP contribution in [0.15, 0.2) is 47.4 Å². The van der Waals surface area contributed by atoms with Crippen molar-refractivity contribution in [3.8, 4) is 10.7 Å². The molecular formula is C15H17N3S2. The molecule has 0 aromatic carbocycles. The molecule has 0 spiro atoms. The molecule has 0 bridgehead atoms. The van der Waals surface area contributed by atoms with Crippen LogP contribution in [0.4, 0.5) is 0 Å². The van der Waals surface area contributed by atoms with Crippen LogP contribution in [0.1, 0.15) is 4.88 Å². The minimum atomic E-state index is 0.956. The highest BCUT2D eigenvalue weighted by atomic mass is 32.1. The highest BCUT2D eigenvalue weighted by Crippen LogP contribution is 2.22. The number of imidazole rings is 1. The molecule has 0 unspecified atom stereocenters. The number of rotatable bonds is 7. The first-order chi connectivity index (χ1) is 9.93. The molecule has 0 amide bonds. The highest BCUT2D eigenvalue weighted by molar-refractivity contribution is 7.13. The molecule has 0 aliphatic rings. The summed E-state index contributed by atoms with van der Waals surface area (Å²) in [6, 6.07) is 8.49. The Bertz CT molecular complexity index is 611. The van der Waals surface area contributed by atoms with Crippen LogP contribution in [-0.2, 0) is 13.0 Å². The van der Waals surface area contributed by atoms with E-state index in [-0.39, 0.29) is 0 Å². The van der Waals surface area contributed by atoms with Gasteiger partial charge in [-0.1, -0.05) is 12.1 Å². The molecule has 0 atom stereocenters. The predicted molar refractivity (Wildman–Crippen MR) is 86.4 cm³/mol. The lowest BCUT2D eigenvalue weighted by molar-refractivity contribution is 0.603. The Morgan fingerprint density at radius 1 is 1.10 bits per heavy atom. The second kappa shape index (κ2) is 6.83. The molecule has 0 aliphatic heterocycles. The summed E-state index contributed by atoms with van der Waals surface area (Å²) in [5, 5.41) is 7.72. The highest BCUT2D eigenvalue weighted by Gasteiger charge is 2.05. The van der Waals surface area contributed by atoms with Gasteiger partial charge in [-0.05, 0) is 29.3 Å². The van der Waals surface area contributed by atoms with Crippen LogP contribution in [0.25, 0.3) is 10.7 Å². The third kappa shape index (κ3) is 3.36. The monoisotopic (exact) mass is 303 g/mol. The first-order valence-corrected chi connectivity index (χ1v) is 8.47. The third-order valence-electron chi connectivity index (χ3n) is 3.11. The molecule has 3 nitrogen and oxygen atoms in total. The van der Waals surface area contributed by atoms with E-state index in [2.05, 4.69) is 56.1 Å². The molecule has 0 radical (unpaired) electrons. The number of nitrogens with zero attached hydrogens (tertiary/aromatic N) is 2. The van der Waals surface area contributed by atoms with Crippen molar-refractivity contribution in [2.45, 2.75) is 13.0 Å². The lowest BCUT2D eigenvalue weighted by Gasteiger charge is -2.07. The fourth-order valence-corrected chi connectivity index (χ4v) is 3.56. The molecule has 20 heavy (non-hydrogen) atoms. The molecular weight excluding hydrogens is 286 g/mol. The second-order valence-electron chi connectivity index (χ2n) is 4.50. The molecule has 3 heterocycles. The number of hydrogen-bond donors (Lipinski definition) is 1. The van der Waals surface area contributed by atoms with Crippen molar-refractivity contribution < 1.29 is 0 Å². The minimum Gasteiger partial charge on any atom is -0.329 e. The summed E-state index contributed by atoms with van der Waals surface area (Å²) in [6.45, 7) is 2.96. The molecule has 0 saturated carbocycles. The number of aromatic nitrogens is 2. The zero-order valence-corrected chi connectivity index (χ0v) is 12.8. The van der Waals surface area contributed by atoms with Gasteiger partial charge in [0.05, 0.1) is 4.88 Å². The number of thiophene rings is 2. The maximum absolute atomic E-state index is 4.45. The molecule has 104 valence electrons. The largest absolute Gasteiger partial charge is 0.329 e. The van der Waals surface area contributed by atoms with E-state index in [9.17, 15) is 0 Å². The van der Waals surface area contributed by atoms with Crippen LogP contribution in [0.2, 0.25) is 0 Å². The predicted octanol–water partition coefficient (Wildman–Crippen LogP) is 3.51. The van der Waals surface area contributed by atoms with E-state index in [1.165, 1.54) is 9.75 Å². The molecule has 1 N–H and O–H groups in total. The van der Waals surface area contributed by atoms with Gasteiger partial charge in [-0.25, -0.2) is 4.98 Å². The lowest BCUT2D eigenvalue weighted by Crippen LogP contribution is -2.22. The SMILES string of the molecule is c1csc(CCNCCn2ccnc2-c2cccs2)c1. The standard InChI is InChI=1S/C15H17N3S2/c1-3-13(19-11-1)5-6-16-7-9-18-10-8-17-15(18)14-4-2-12-20-14/h1-4,8,10-12,16H,5-7,9H2. The van der Waals surface area contributed by atoms with Gasteiger partial charge in [-0.15, -0.1) is 22.7 Å². The van der Waals surface area contributed by atoms with Crippen molar-refractivity contribution >= 4 is 22.7 Å². The number of nitrogens with one attached hydrogen (secondary N) is 1. The Morgan fingerprint density at radius 3 is 2.80 bits per heavy atom. The smallest absolute Gasteiger partial charge is 0.150 e. The fourth-order valence-electron chi connectivity index (χ4n) is 2.11. The second-order valence-corrected chi connectivity index (χ2v) is 6.48. The van der Waals surface area contributed by atoms with Crippen LogP contribution >= 0.6 is 22.7 Å². The summed E-state index contributed by atoms with van der Waals surface area (Å²) < 4.78 is 2.21. The van der Waals surface area contributed by atoms with Crippen molar-refractivity contribution in [2.75, 3.05) is 13.1 Å². The van der Waals surface area contributed by atoms with Crippen molar-refractivity contribution in [3.05, 3.63) is 52.3 Å². The van der Waals surface area contributed by atoms with Crippen LogP contribution in [0.3, 0.4) is 0 Å². The van der Waals surface area contributed by atoms with Crippen LogP contribution in [0.5, 0.6) is 0 Å². The van der Waals surface area contributed by atoms with Crippen LogP contribution in [-0.4, -0.2) is 22.6 Å². The summed E-state index contributed by atoms with van der Waals surface area (Å²) in [7, 11) is 0. The van der Waals surface area contributed by atoms with E-state index in [1.807, 2.05) is 17.5 Å². The maximum atomic E-state index is 4.45. The van der Waals surface area contributed by atoms with E-state index in [1.54, 1.807) is 11.3 Å².